The Morgan fingerprint density at radius 1 is 1.26 bits per heavy atom. The molecule has 5 rings (SSSR count). The van der Waals surface area contributed by atoms with Gasteiger partial charge in [0.25, 0.3) is 5.91 Å². The Morgan fingerprint density at radius 2 is 2.06 bits per heavy atom. The first-order valence-corrected chi connectivity index (χ1v) is 12.2. The second-order valence-electron chi connectivity index (χ2n) is 9.58. The number of phenolic OH excluding ortho intramolecular Hbond substituents is 1. The van der Waals surface area contributed by atoms with Crippen molar-refractivity contribution >= 4 is 29.2 Å². The molecule has 35 heavy (non-hydrogen) atoms. The summed E-state index contributed by atoms with van der Waals surface area (Å²) in [4.78, 5) is 30.3. The van der Waals surface area contributed by atoms with Gasteiger partial charge in [0.1, 0.15) is 17.1 Å². The molecule has 8 nitrogen and oxygen atoms in total. The molecule has 2 saturated heterocycles. The van der Waals surface area contributed by atoms with Gasteiger partial charge in [-0.25, -0.2) is 9.18 Å². The van der Waals surface area contributed by atoms with Crippen molar-refractivity contribution in [2.45, 2.75) is 43.3 Å². The van der Waals surface area contributed by atoms with Crippen LogP contribution in [-0.4, -0.2) is 69.8 Å². The van der Waals surface area contributed by atoms with Gasteiger partial charge in [-0.2, -0.15) is 0 Å². The van der Waals surface area contributed by atoms with Crippen molar-refractivity contribution in [3.63, 3.8) is 0 Å². The highest BCUT2D eigenvalue weighted by atomic mass is 35.5. The summed E-state index contributed by atoms with van der Waals surface area (Å²) < 4.78 is 14.3. The van der Waals surface area contributed by atoms with E-state index in [9.17, 15) is 19.1 Å². The molecule has 2 aromatic carbocycles. The maximum atomic E-state index is 14.3. The fourth-order valence-corrected chi connectivity index (χ4v) is 6.03. The number of nitrogens with zero attached hydrogens (tertiary/aromatic N) is 2. The van der Waals surface area contributed by atoms with E-state index in [0.717, 1.165) is 5.56 Å². The number of phenols is 1. The fraction of sp³-hybridized carbons (Fsp3) is 0.440. The molecule has 186 valence electrons. The average Bonchev–Trinajstić information content (AvgIpc) is 3.24. The summed E-state index contributed by atoms with van der Waals surface area (Å²) in [6.45, 7) is 3.07. The number of amides is 3. The molecule has 2 aromatic rings. The number of aliphatic hydroxyl groups excluding tert-OH is 1. The molecule has 3 aliphatic rings. The Hall–Kier alpha value is -2.88. The van der Waals surface area contributed by atoms with Gasteiger partial charge < -0.3 is 25.7 Å². The predicted molar refractivity (Wildman–Crippen MR) is 129 cm³/mol. The zero-order valence-electron chi connectivity index (χ0n) is 19.3. The molecule has 3 aliphatic heterocycles. The number of carbonyl (C=O) groups is 2. The molecule has 4 atom stereocenters. The zero-order chi connectivity index (χ0) is 24.9. The third-order valence-electron chi connectivity index (χ3n) is 7.39. The summed E-state index contributed by atoms with van der Waals surface area (Å²) in [5, 5.41) is 25.6. The van der Waals surface area contributed by atoms with Crippen LogP contribution in [0.15, 0.2) is 36.4 Å². The number of nitrogens with one attached hydrogen (secondary N) is 2. The molecule has 0 saturated carbocycles. The Kier molecular flexibility index (Phi) is 6.11. The molecule has 0 aromatic heterocycles. The van der Waals surface area contributed by atoms with E-state index in [1.807, 2.05) is 6.07 Å². The highest BCUT2D eigenvalue weighted by Crippen LogP contribution is 2.56. The Labute approximate surface area is 207 Å². The Bertz CT molecular complexity index is 1180. The number of aromatic hydroxyl groups is 1. The molecule has 2 fully saturated rings. The first-order chi connectivity index (χ1) is 16.8. The van der Waals surface area contributed by atoms with Crippen molar-refractivity contribution in [1.29, 1.82) is 0 Å². The third kappa shape index (κ3) is 3.82. The third-order valence-corrected chi connectivity index (χ3v) is 7.68. The molecule has 0 aliphatic carbocycles. The number of hydrogen-bond acceptors (Lipinski definition) is 6. The van der Waals surface area contributed by atoms with Crippen molar-refractivity contribution in [3.8, 4) is 5.75 Å². The zero-order valence-corrected chi connectivity index (χ0v) is 20.1. The lowest BCUT2D eigenvalue weighted by Crippen LogP contribution is -2.58. The van der Waals surface area contributed by atoms with E-state index in [4.69, 9.17) is 16.7 Å². The number of urea groups is 1. The first kappa shape index (κ1) is 23.8. The number of fused-ring (bicyclic) bond motifs is 4. The summed E-state index contributed by atoms with van der Waals surface area (Å²) in [6, 6.07) is 8.36. The molecule has 3 heterocycles. The molecule has 0 bridgehead atoms. The van der Waals surface area contributed by atoms with Gasteiger partial charge in [-0.1, -0.05) is 23.7 Å². The van der Waals surface area contributed by atoms with Crippen molar-refractivity contribution < 1.29 is 24.2 Å². The Balaban J connectivity index is 1.54. The monoisotopic (exact) mass is 502 g/mol. The summed E-state index contributed by atoms with van der Waals surface area (Å²) in [6.07, 6.45) is 0.916. The van der Waals surface area contributed by atoms with Crippen LogP contribution in [-0.2, 0) is 4.79 Å². The number of carbonyl (C=O) groups excluding carboxylic acids is 2. The molecule has 3 amide bonds. The van der Waals surface area contributed by atoms with Crippen molar-refractivity contribution in [2.24, 2.45) is 0 Å². The molecule has 0 radical (unpaired) electrons. The van der Waals surface area contributed by atoms with E-state index in [2.05, 4.69) is 10.6 Å². The van der Waals surface area contributed by atoms with E-state index >= 15 is 0 Å². The van der Waals surface area contributed by atoms with Gasteiger partial charge in [-0.3, -0.25) is 9.69 Å². The summed E-state index contributed by atoms with van der Waals surface area (Å²) >= 11 is 6.11. The van der Waals surface area contributed by atoms with Gasteiger partial charge >= 0.3 is 6.03 Å². The van der Waals surface area contributed by atoms with Crippen LogP contribution in [0.4, 0.5) is 14.9 Å². The summed E-state index contributed by atoms with van der Waals surface area (Å²) in [5.74, 6) is -0.944. The second kappa shape index (κ2) is 8.96. The van der Waals surface area contributed by atoms with Crippen LogP contribution < -0.4 is 10.6 Å². The lowest BCUT2D eigenvalue weighted by molar-refractivity contribution is -0.135. The van der Waals surface area contributed by atoms with Crippen LogP contribution in [0.2, 0.25) is 5.02 Å². The minimum absolute atomic E-state index is 0.0125. The van der Waals surface area contributed by atoms with Crippen LogP contribution in [0.25, 0.3) is 0 Å². The fourth-order valence-electron chi connectivity index (χ4n) is 5.85. The summed E-state index contributed by atoms with van der Waals surface area (Å²) in [5.41, 5.74) is 0.991. The van der Waals surface area contributed by atoms with E-state index in [1.165, 1.54) is 11.0 Å². The van der Waals surface area contributed by atoms with Crippen LogP contribution >= 0.6 is 11.6 Å². The van der Waals surface area contributed by atoms with E-state index in [-0.39, 0.29) is 47.8 Å². The van der Waals surface area contributed by atoms with E-state index in [1.54, 1.807) is 36.1 Å². The number of aliphatic hydroxyl groups is 1. The minimum Gasteiger partial charge on any atom is -0.508 e. The SMILES string of the molecule is C[C@@]12CC3c4cc(Cl)c(F)cc4NC3[C@@H](c3cccc(O)c3)N1C(=O)N(CCCNCCO)C2=O. The molecule has 0 spiro atoms. The van der Waals surface area contributed by atoms with Gasteiger partial charge in [0, 0.05) is 24.7 Å². The molecule has 2 unspecified atom stereocenters. The maximum absolute atomic E-state index is 14.3. The second-order valence-corrected chi connectivity index (χ2v) is 9.99. The van der Waals surface area contributed by atoms with E-state index in [0.29, 0.717) is 37.2 Å². The van der Waals surface area contributed by atoms with Crippen LogP contribution in [0.3, 0.4) is 0 Å². The molecule has 4 N–H and O–H groups in total. The largest absolute Gasteiger partial charge is 0.508 e. The minimum atomic E-state index is -1.11. The normalized spacial score (nSPS) is 27.0. The van der Waals surface area contributed by atoms with Gasteiger partial charge in [-0.15, -0.1) is 0 Å². The Morgan fingerprint density at radius 3 is 2.80 bits per heavy atom. The maximum Gasteiger partial charge on any atom is 0.328 e. The molecular formula is C25H28ClFN4O4. The van der Waals surface area contributed by atoms with Crippen molar-refractivity contribution in [1.82, 2.24) is 15.1 Å². The number of rotatable bonds is 7. The van der Waals surface area contributed by atoms with Crippen LogP contribution in [0.5, 0.6) is 5.75 Å². The lowest BCUT2D eigenvalue weighted by Gasteiger charge is -2.48. The highest BCUT2D eigenvalue weighted by molar-refractivity contribution is 6.31. The molecular weight excluding hydrogens is 475 g/mol. The standard InChI is InChI=1S/C25H28ClFN4O4/c1-25-13-17-16-11-18(26)19(27)12-20(16)29-21(17)22(14-4-2-5-15(33)10-14)31(25)24(35)30(23(25)34)8-3-6-28-7-9-32/h2,4-5,10-12,17,21-22,28-29,32-33H,3,6-9,13H2,1H3/t17?,21?,22-,25+/m1/s1. The lowest BCUT2D eigenvalue weighted by atomic mass is 9.72. The number of benzene rings is 2. The quantitative estimate of drug-likeness (QED) is 0.342. The number of hydrogen-bond donors (Lipinski definition) is 4. The average molecular weight is 503 g/mol. The summed E-state index contributed by atoms with van der Waals surface area (Å²) in [7, 11) is 0. The van der Waals surface area contributed by atoms with Crippen LogP contribution in [0.1, 0.15) is 42.9 Å². The highest BCUT2D eigenvalue weighted by Gasteiger charge is 2.63. The number of imide groups is 1. The van der Waals surface area contributed by atoms with E-state index < -0.39 is 17.4 Å². The van der Waals surface area contributed by atoms with Gasteiger partial charge in [0.2, 0.25) is 0 Å². The van der Waals surface area contributed by atoms with Gasteiger partial charge in [0.15, 0.2) is 0 Å². The predicted octanol–water partition coefficient (Wildman–Crippen LogP) is 3.20. The number of halogens is 2. The van der Waals surface area contributed by atoms with Crippen molar-refractivity contribution in [3.05, 3.63) is 58.4 Å². The number of piperidine rings is 1. The first-order valence-electron chi connectivity index (χ1n) is 11.8. The van der Waals surface area contributed by atoms with Gasteiger partial charge in [-0.05, 0) is 61.7 Å². The molecule has 10 heteroatoms. The topological polar surface area (TPSA) is 105 Å². The number of anilines is 1. The van der Waals surface area contributed by atoms with Crippen molar-refractivity contribution in [2.75, 3.05) is 31.6 Å². The smallest absolute Gasteiger partial charge is 0.328 e. The van der Waals surface area contributed by atoms with Crippen LogP contribution in [0, 0.1) is 5.82 Å². The van der Waals surface area contributed by atoms with Gasteiger partial charge in [0.05, 0.1) is 23.7 Å².